The first-order chi connectivity index (χ1) is 4.63. The molecular formula is C7H13ClO2S. The molecule has 11 heavy (non-hydrogen) atoms. The van der Waals surface area contributed by atoms with Gasteiger partial charge in [-0.1, -0.05) is 32.9 Å². The second-order valence-corrected chi connectivity index (χ2v) is 6.31. The minimum atomic E-state index is -3.43. The molecule has 0 fully saturated rings. The molecule has 0 amide bonds. The van der Waals surface area contributed by atoms with Gasteiger partial charge < -0.3 is 0 Å². The van der Waals surface area contributed by atoms with Crippen LogP contribution in [0, 0.1) is 5.41 Å². The van der Waals surface area contributed by atoms with Gasteiger partial charge in [-0.15, -0.1) is 0 Å². The SMILES string of the molecule is C=C(CS(=O)(=O)Cl)C(C)(C)C. The summed E-state index contributed by atoms with van der Waals surface area (Å²) in [6.45, 7) is 9.35. The molecular weight excluding hydrogens is 184 g/mol. The van der Waals surface area contributed by atoms with E-state index in [1.807, 2.05) is 20.8 Å². The van der Waals surface area contributed by atoms with Crippen LogP contribution >= 0.6 is 10.7 Å². The average Bonchev–Trinajstić information content (AvgIpc) is 1.56. The van der Waals surface area contributed by atoms with Gasteiger partial charge in [0.25, 0.3) is 0 Å². The summed E-state index contributed by atoms with van der Waals surface area (Å²) in [5, 5.41) is 0. The highest BCUT2D eigenvalue weighted by atomic mass is 35.7. The Bertz CT molecular complexity index is 246. The molecule has 0 aromatic carbocycles. The topological polar surface area (TPSA) is 34.1 Å². The van der Waals surface area contributed by atoms with Gasteiger partial charge in [-0.3, -0.25) is 0 Å². The van der Waals surface area contributed by atoms with Crippen molar-refractivity contribution in [2.45, 2.75) is 20.8 Å². The molecule has 0 bridgehead atoms. The molecule has 0 aromatic rings. The van der Waals surface area contributed by atoms with Crippen LogP contribution in [-0.2, 0) is 9.05 Å². The van der Waals surface area contributed by atoms with Gasteiger partial charge in [-0.2, -0.15) is 0 Å². The van der Waals surface area contributed by atoms with E-state index in [4.69, 9.17) is 10.7 Å². The Kier molecular flexibility index (Phi) is 3.15. The second-order valence-electron chi connectivity index (χ2n) is 3.54. The normalized spacial score (nSPS) is 13.1. The lowest BCUT2D eigenvalue weighted by atomic mass is 9.89. The summed E-state index contributed by atoms with van der Waals surface area (Å²) in [6.07, 6.45) is 0. The average molecular weight is 197 g/mol. The van der Waals surface area contributed by atoms with Crippen molar-refractivity contribution < 1.29 is 8.42 Å². The molecule has 0 unspecified atom stereocenters. The van der Waals surface area contributed by atoms with Crippen LogP contribution in [0.4, 0.5) is 0 Å². The molecule has 2 nitrogen and oxygen atoms in total. The molecule has 0 aliphatic heterocycles. The smallest absolute Gasteiger partial charge is 0.212 e. The molecule has 0 aliphatic rings. The first-order valence-electron chi connectivity index (χ1n) is 3.23. The monoisotopic (exact) mass is 196 g/mol. The minimum Gasteiger partial charge on any atom is -0.212 e. The van der Waals surface area contributed by atoms with E-state index in [2.05, 4.69) is 6.58 Å². The first kappa shape index (κ1) is 11.0. The van der Waals surface area contributed by atoms with E-state index in [9.17, 15) is 8.42 Å². The maximum Gasteiger partial charge on any atom is 0.236 e. The van der Waals surface area contributed by atoms with Gasteiger partial charge >= 0.3 is 0 Å². The number of halogens is 1. The zero-order chi connectivity index (χ0) is 9.28. The Labute approximate surface area is 72.7 Å². The lowest BCUT2D eigenvalue weighted by Gasteiger charge is -2.20. The van der Waals surface area contributed by atoms with Crippen LogP contribution in [0.3, 0.4) is 0 Å². The molecule has 0 aliphatic carbocycles. The summed E-state index contributed by atoms with van der Waals surface area (Å²) in [5.41, 5.74) is 0.439. The molecule has 0 aromatic heterocycles. The molecule has 0 radical (unpaired) electrons. The van der Waals surface area contributed by atoms with E-state index in [0.717, 1.165) is 0 Å². The van der Waals surface area contributed by atoms with Crippen LogP contribution in [-0.4, -0.2) is 14.2 Å². The standard InChI is InChI=1S/C7H13ClO2S/c1-6(7(2,3)4)5-11(8,9)10/h1,5H2,2-4H3. The second kappa shape index (κ2) is 3.15. The fourth-order valence-electron chi connectivity index (χ4n) is 0.425. The minimum absolute atomic E-state index is 0.141. The molecule has 0 heterocycles. The van der Waals surface area contributed by atoms with Gasteiger partial charge in [-0.05, 0) is 5.41 Å². The molecule has 0 spiro atoms. The Morgan fingerprint density at radius 1 is 1.45 bits per heavy atom. The highest BCUT2D eigenvalue weighted by molar-refractivity contribution is 8.13. The van der Waals surface area contributed by atoms with Crippen LogP contribution in [0.1, 0.15) is 20.8 Å². The lowest BCUT2D eigenvalue weighted by molar-refractivity contribution is 0.504. The molecule has 0 rings (SSSR count). The highest BCUT2D eigenvalue weighted by Gasteiger charge is 2.19. The van der Waals surface area contributed by atoms with E-state index in [1.54, 1.807) is 0 Å². The van der Waals surface area contributed by atoms with Crippen LogP contribution in [0.15, 0.2) is 12.2 Å². The zero-order valence-corrected chi connectivity index (χ0v) is 8.59. The molecule has 0 saturated carbocycles. The Morgan fingerprint density at radius 3 is 1.91 bits per heavy atom. The fourth-order valence-corrected chi connectivity index (χ4v) is 1.67. The van der Waals surface area contributed by atoms with Crippen molar-refractivity contribution in [3.8, 4) is 0 Å². The third-order valence-electron chi connectivity index (χ3n) is 1.41. The van der Waals surface area contributed by atoms with Gasteiger partial charge in [0, 0.05) is 10.7 Å². The zero-order valence-electron chi connectivity index (χ0n) is 7.02. The predicted molar refractivity (Wildman–Crippen MR) is 48.2 cm³/mol. The van der Waals surface area contributed by atoms with Crippen molar-refractivity contribution in [3.05, 3.63) is 12.2 Å². The fraction of sp³-hybridized carbons (Fsp3) is 0.714. The summed E-state index contributed by atoms with van der Waals surface area (Å²) >= 11 is 0. The number of rotatable bonds is 2. The van der Waals surface area contributed by atoms with E-state index in [1.165, 1.54) is 0 Å². The summed E-state index contributed by atoms with van der Waals surface area (Å²) in [5.74, 6) is -0.141. The Hall–Kier alpha value is -0.0200. The van der Waals surface area contributed by atoms with Gasteiger partial charge in [0.2, 0.25) is 9.05 Å². The van der Waals surface area contributed by atoms with Crippen molar-refractivity contribution in [1.29, 1.82) is 0 Å². The Morgan fingerprint density at radius 2 is 1.82 bits per heavy atom. The molecule has 66 valence electrons. The summed E-state index contributed by atoms with van der Waals surface area (Å²) in [4.78, 5) is 0. The van der Waals surface area contributed by atoms with Gasteiger partial charge in [-0.25, -0.2) is 8.42 Å². The largest absolute Gasteiger partial charge is 0.236 e. The Balaban J connectivity index is 4.35. The lowest BCUT2D eigenvalue weighted by Crippen LogP contribution is -2.14. The summed E-state index contributed by atoms with van der Waals surface area (Å²) < 4.78 is 21.2. The quantitative estimate of drug-likeness (QED) is 0.501. The van der Waals surface area contributed by atoms with Crippen molar-refractivity contribution in [3.63, 3.8) is 0 Å². The van der Waals surface area contributed by atoms with Gasteiger partial charge in [0.15, 0.2) is 0 Å². The summed E-state index contributed by atoms with van der Waals surface area (Å²) in [6, 6.07) is 0. The highest BCUT2D eigenvalue weighted by Crippen LogP contribution is 2.25. The van der Waals surface area contributed by atoms with Crippen LogP contribution < -0.4 is 0 Å². The third kappa shape index (κ3) is 5.27. The maximum atomic E-state index is 10.6. The molecule has 0 saturated heterocycles. The van der Waals surface area contributed by atoms with Crippen LogP contribution in [0.2, 0.25) is 0 Å². The van der Waals surface area contributed by atoms with E-state index in [-0.39, 0.29) is 11.2 Å². The first-order valence-corrected chi connectivity index (χ1v) is 5.71. The molecule has 0 N–H and O–H groups in total. The third-order valence-corrected chi connectivity index (χ3v) is 2.43. The maximum absolute atomic E-state index is 10.6. The summed E-state index contributed by atoms with van der Waals surface area (Å²) in [7, 11) is 1.61. The number of hydrogen-bond acceptors (Lipinski definition) is 2. The van der Waals surface area contributed by atoms with Gasteiger partial charge in [0.05, 0.1) is 5.75 Å². The van der Waals surface area contributed by atoms with Crippen molar-refractivity contribution in [1.82, 2.24) is 0 Å². The van der Waals surface area contributed by atoms with Crippen molar-refractivity contribution >= 4 is 19.7 Å². The molecule has 4 heteroatoms. The predicted octanol–water partition coefficient (Wildman–Crippen LogP) is 2.16. The van der Waals surface area contributed by atoms with Gasteiger partial charge in [0.1, 0.15) is 0 Å². The van der Waals surface area contributed by atoms with Crippen molar-refractivity contribution in [2.75, 3.05) is 5.75 Å². The van der Waals surface area contributed by atoms with Crippen LogP contribution in [0.5, 0.6) is 0 Å². The van der Waals surface area contributed by atoms with Crippen LogP contribution in [0.25, 0.3) is 0 Å². The van der Waals surface area contributed by atoms with E-state index < -0.39 is 9.05 Å². The molecule has 0 atom stereocenters. The number of hydrogen-bond donors (Lipinski definition) is 0. The van der Waals surface area contributed by atoms with Crippen molar-refractivity contribution in [2.24, 2.45) is 5.41 Å². The van der Waals surface area contributed by atoms with E-state index >= 15 is 0 Å². The van der Waals surface area contributed by atoms with E-state index in [0.29, 0.717) is 5.57 Å².